The first-order valence-electron chi connectivity index (χ1n) is 6.44. The lowest BCUT2D eigenvalue weighted by molar-refractivity contribution is 0.583. The summed E-state index contributed by atoms with van der Waals surface area (Å²) in [5, 5.41) is 0. The molecular formula is C14H22O2S. The SMILES string of the molecule is CCCCCCCCS(=O)(=O)c1ccccc1. The number of rotatable bonds is 8. The van der Waals surface area contributed by atoms with Gasteiger partial charge in [0.05, 0.1) is 10.6 Å². The third-order valence-electron chi connectivity index (χ3n) is 2.87. The minimum absolute atomic E-state index is 0.281. The Labute approximate surface area is 105 Å². The lowest BCUT2D eigenvalue weighted by atomic mass is 10.1. The van der Waals surface area contributed by atoms with E-state index in [1.807, 2.05) is 6.07 Å². The zero-order valence-corrected chi connectivity index (χ0v) is 11.4. The van der Waals surface area contributed by atoms with E-state index in [1.54, 1.807) is 24.3 Å². The number of benzene rings is 1. The fraction of sp³-hybridized carbons (Fsp3) is 0.571. The Morgan fingerprint density at radius 2 is 1.47 bits per heavy atom. The zero-order valence-electron chi connectivity index (χ0n) is 10.6. The molecule has 0 aromatic heterocycles. The molecule has 0 unspecified atom stereocenters. The maximum atomic E-state index is 11.9. The van der Waals surface area contributed by atoms with Crippen LogP contribution in [0.1, 0.15) is 45.4 Å². The highest BCUT2D eigenvalue weighted by Gasteiger charge is 2.12. The molecule has 0 atom stereocenters. The number of unbranched alkanes of at least 4 members (excludes halogenated alkanes) is 5. The van der Waals surface area contributed by atoms with Gasteiger partial charge >= 0.3 is 0 Å². The van der Waals surface area contributed by atoms with Gasteiger partial charge in [-0.2, -0.15) is 0 Å². The predicted molar refractivity (Wildman–Crippen MR) is 71.9 cm³/mol. The van der Waals surface area contributed by atoms with Gasteiger partial charge in [-0.1, -0.05) is 57.2 Å². The van der Waals surface area contributed by atoms with E-state index in [4.69, 9.17) is 0 Å². The van der Waals surface area contributed by atoms with Crippen LogP contribution in [0.4, 0.5) is 0 Å². The fourth-order valence-electron chi connectivity index (χ4n) is 1.82. The summed E-state index contributed by atoms with van der Waals surface area (Å²) in [5.74, 6) is 0.281. The monoisotopic (exact) mass is 254 g/mol. The van der Waals surface area contributed by atoms with Gasteiger partial charge in [0.15, 0.2) is 9.84 Å². The van der Waals surface area contributed by atoms with Crippen LogP contribution >= 0.6 is 0 Å². The lowest BCUT2D eigenvalue weighted by Crippen LogP contribution is -2.06. The second-order valence-corrected chi connectivity index (χ2v) is 6.51. The first-order chi connectivity index (χ1) is 8.17. The molecule has 1 aromatic carbocycles. The van der Waals surface area contributed by atoms with Gasteiger partial charge < -0.3 is 0 Å². The molecule has 1 rings (SSSR count). The van der Waals surface area contributed by atoms with Crippen molar-refractivity contribution in [1.29, 1.82) is 0 Å². The van der Waals surface area contributed by atoms with Crippen molar-refractivity contribution in [3.63, 3.8) is 0 Å². The number of hydrogen-bond acceptors (Lipinski definition) is 2. The molecule has 0 saturated carbocycles. The summed E-state index contributed by atoms with van der Waals surface area (Å²) in [5.41, 5.74) is 0. The molecule has 0 heterocycles. The van der Waals surface area contributed by atoms with Gasteiger partial charge in [0.25, 0.3) is 0 Å². The Bertz CT molecular complexity index is 395. The van der Waals surface area contributed by atoms with Crippen LogP contribution in [-0.4, -0.2) is 14.2 Å². The first kappa shape index (κ1) is 14.2. The average molecular weight is 254 g/mol. The second-order valence-electron chi connectivity index (χ2n) is 4.40. The highest BCUT2D eigenvalue weighted by molar-refractivity contribution is 7.91. The van der Waals surface area contributed by atoms with Crippen LogP contribution in [0.15, 0.2) is 35.2 Å². The quantitative estimate of drug-likeness (QED) is 0.661. The summed E-state index contributed by atoms with van der Waals surface area (Å²) >= 11 is 0. The van der Waals surface area contributed by atoms with Crippen molar-refractivity contribution in [2.24, 2.45) is 0 Å². The molecule has 96 valence electrons. The second kappa shape index (κ2) is 7.49. The molecule has 0 radical (unpaired) electrons. The van der Waals surface area contributed by atoms with E-state index in [0.29, 0.717) is 4.90 Å². The van der Waals surface area contributed by atoms with Crippen LogP contribution in [0.3, 0.4) is 0 Å². The van der Waals surface area contributed by atoms with Crippen LogP contribution in [0.5, 0.6) is 0 Å². The van der Waals surface area contributed by atoms with E-state index < -0.39 is 9.84 Å². The van der Waals surface area contributed by atoms with E-state index in [0.717, 1.165) is 19.3 Å². The largest absolute Gasteiger partial charge is 0.224 e. The van der Waals surface area contributed by atoms with Crippen molar-refractivity contribution in [2.45, 2.75) is 50.3 Å². The molecule has 1 aromatic rings. The van der Waals surface area contributed by atoms with Crippen molar-refractivity contribution >= 4 is 9.84 Å². The molecule has 0 saturated heterocycles. The van der Waals surface area contributed by atoms with Crippen molar-refractivity contribution in [3.8, 4) is 0 Å². The summed E-state index contributed by atoms with van der Waals surface area (Å²) in [6.45, 7) is 2.18. The highest BCUT2D eigenvalue weighted by atomic mass is 32.2. The zero-order chi connectivity index (χ0) is 12.6. The average Bonchev–Trinajstić information content (AvgIpc) is 2.35. The Balaban J connectivity index is 2.31. The van der Waals surface area contributed by atoms with Gasteiger partial charge in [-0.05, 0) is 18.6 Å². The first-order valence-corrected chi connectivity index (χ1v) is 8.10. The van der Waals surface area contributed by atoms with E-state index in [-0.39, 0.29) is 5.75 Å². The lowest BCUT2D eigenvalue weighted by Gasteiger charge is -2.04. The molecule has 0 bridgehead atoms. The molecule has 17 heavy (non-hydrogen) atoms. The summed E-state index contributed by atoms with van der Waals surface area (Å²) < 4.78 is 23.8. The molecule has 2 nitrogen and oxygen atoms in total. The van der Waals surface area contributed by atoms with Crippen LogP contribution in [-0.2, 0) is 9.84 Å². The van der Waals surface area contributed by atoms with Gasteiger partial charge in [-0.25, -0.2) is 8.42 Å². The van der Waals surface area contributed by atoms with E-state index in [1.165, 1.54) is 19.3 Å². The van der Waals surface area contributed by atoms with Crippen molar-refractivity contribution in [2.75, 3.05) is 5.75 Å². The number of sulfone groups is 1. The Kier molecular flexibility index (Phi) is 6.27. The molecule has 0 aliphatic rings. The molecule has 3 heteroatoms. The summed E-state index contributed by atoms with van der Waals surface area (Å²) in [6, 6.07) is 8.73. The fourth-order valence-corrected chi connectivity index (χ4v) is 3.21. The predicted octanol–water partition coefficient (Wildman–Crippen LogP) is 3.82. The summed E-state index contributed by atoms with van der Waals surface area (Å²) in [4.78, 5) is 0.452. The minimum Gasteiger partial charge on any atom is -0.224 e. The van der Waals surface area contributed by atoms with Gasteiger partial charge in [0.1, 0.15) is 0 Å². The molecule has 0 aliphatic heterocycles. The Morgan fingerprint density at radius 3 is 2.12 bits per heavy atom. The van der Waals surface area contributed by atoms with Crippen molar-refractivity contribution in [3.05, 3.63) is 30.3 Å². The van der Waals surface area contributed by atoms with Crippen molar-refractivity contribution < 1.29 is 8.42 Å². The maximum absolute atomic E-state index is 11.9. The Morgan fingerprint density at radius 1 is 0.882 bits per heavy atom. The van der Waals surface area contributed by atoms with E-state index in [9.17, 15) is 8.42 Å². The molecular weight excluding hydrogens is 232 g/mol. The topological polar surface area (TPSA) is 34.1 Å². The van der Waals surface area contributed by atoms with Crippen LogP contribution in [0, 0.1) is 0 Å². The normalized spacial score (nSPS) is 11.6. The van der Waals surface area contributed by atoms with Gasteiger partial charge in [-0.15, -0.1) is 0 Å². The highest BCUT2D eigenvalue weighted by Crippen LogP contribution is 2.13. The Hall–Kier alpha value is -0.830. The summed E-state index contributed by atoms with van der Waals surface area (Å²) in [6.07, 6.45) is 6.65. The van der Waals surface area contributed by atoms with Gasteiger partial charge in [0.2, 0.25) is 0 Å². The molecule has 0 spiro atoms. The molecule has 0 N–H and O–H groups in total. The minimum atomic E-state index is -3.05. The smallest absolute Gasteiger partial charge is 0.178 e. The maximum Gasteiger partial charge on any atom is 0.178 e. The van der Waals surface area contributed by atoms with Crippen LogP contribution in [0.25, 0.3) is 0 Å². The van der Waals surface area contributed by atoms with E-state index >= 15 is 0 Å². The van der Waals surface area contributed by atoms with Crippen LogP contribution < -0.4 is 0 Å². The molecule has 0 fully saturated rings. The molecule has 0 amide bonds. The van der Waals surface area contributed by atoms with Gasteiger partial charge in [0, 0.05) is 0 Å². The van der Waals surface area contributed by atoms with Crippen LogP contribution in [0.2, 0.25) is 0 Å². The van der Waals surface area contributed by atoms with Gasteiger partial charge in [-0.3, -0.25) is 0 Å². The number of hydrogen-bond donors (Lipinski definition) is 0. The summed E-state index contributed by atoms with van der Waals surface area (Å²) in [7, 11) is -3.05. The standard InChI is InChI=1S/C14H22O2S/c1-2-3-4-5-6-10-13-17(15,16)14-11-8-7-9-12-14/h7-9,11-12H,2-6,10,13H2,1H3. The third kappa shape index (κ3) is 5.35. The third-order valence-corrected chi connectivity index (χ3v) is 4.69. The van der Waals surface area contributed by atoms with E-state index in [2.05, 4.69) is 6.92 Å². The van der Waals surface area contributed by atoms with Crippen molar-refractivity contribution in [1.82, 2.24) is 0 Å². The molecule has 0 aliphatic carbocycles.